The number of hydrogen-bond acceptors (Lipinski definition) is 5. The molecule has 0 saturated carbocycles. The smallest absolute Gasteiger partial charge is 0.236 e. The Kier molecular flexibility index (Phi) is 6.90. The van der Waals surface area contributed by atoms with E-state index < -0.39 is 0 Å². The van der Waals surface area contributed by atoms with Crippen molar-refractivity contribution in [2.75, 3.05) is 14.2 Å². The fourth-order valence-corrected chi connectivity index (χ4v) is 3.12. The number of rotatable bonds is 8. The van der Waals surface area contributed by atoms with Crippen molar-refractivity contribution in [2.45, 2.75) is 26.1 Å². The molecule has 5 nitrogen and oxygen atoms in total. The number of hydrogen-bond donors (Lipinski definition) is 2. The fraction of sp³-hybridized carbons (Fsp3) is 0.353. The summed E-state index contributed by atoms with van der Waals surface area (Å²) in [6.07, 6.45) is 0. The van der Waals surface area contributed by atoms with Crippen molar-refractivity contribution in [3.63, 3.8) is 0 Å². The van der Waals surface area contributed by atoms with Gasteiger partial charge in [0.1, 0.15) is 18.1 Å². The number of likely N-dealkylation sites (N-methyl/N-ethyl adjacent to an activating group) is 1. The van der Waals surface area contributed by atoms with Crippen LogP contribution in [0.4, 0.5) is 0 Å². The number of carbonyl (C=O) groups excluding carboxylic acids is 1. The van der Waals surface area contributed by atoms with Gasteiger partial charge in [-0.05, 0) is 25.1 Å². The Balaban J connectivity index is 1.97. The number of amides is 1. The van der Waals surface area contributed by atoms with Crippen molar-refractivity contribution in [2.24, 2.45) is 0 Å². The molecule has 1 aromatic heterocycles. The molecule has 0 fully saturated rings. The van der Waals surface area contributed by atoms with Crippen molar-refractivity contribution in [3.05, 3.63) is 45.1 Å². The van der Waals surface area contributed by atoms with Crippen molar-refractivity contribution in [1.29, 1.82) is 0 Å². The SMILES string of the molecule is CNC(=O)C(C)NCc1ccc(OCc2ccc(Cl)s2)cc1OC. The topological polar surface area (TPSA) is 59.6 Å². The molecule has 130 valence electrons. The number of methoxy groups -OCH3 is 1. The van der Waals surface area contributed by atoms with Crippen LogP contribution >= 0.6 is 22.9 Å². The minimum Gasteiger partial charge on any atom is -0.496 e. The Morgan fingerprint density at radius 1 is 1.33 bits per heavy atom. The molecule has 0 radical (unpaired) electrons. The number of halogens is 1. The molecule has 7 heteroatoms. The van der Waals surface area contributed by atoms with E-state index in [4.69, 9.17) is 21.1 Å². The summed E-state index contributed by atoms with van der Waals surface area (Å²) in [5.74, 6) is 1.39. The molecule has 1 heterocycles. The Bertz CT molecular complexity index is 690. The van der Waals surface area contributed by atoms with Gasteiger partial charge in [0, 0.05) is 30.1 Å². The predicted molar refractivity (Wildman–Crippen MR) is 97.0 cm³/mol. The fourth-order valence-electron chi connectivity index (χ4n) is 2.12. The summed E-state index contributed by atoms with van der Waals surface area (Å²) in [7, 11) is 3.23. The molecule has 0 saturated heterocycles. The van der Waals surface area contributed by atoms with Crippen LogP contribution in [-0.4, -0.2) is 26.1 Å². The van der Waals surface area contributed by atoms with Gasteiger partial charge >= 0.3 is 0 Å². The molecule has 1 unspecified atom stereocenters. The minimum atomic E-state index is -0.279. The summed E-state index contributed by atoms with van der Waals surface area (Å²) in [6, 6.07) is 9.19. The summed E-state index contributed by atoms with van der Waals surface area (Å²) < 4.78 is 11.9. The third-order valence-corrected chi connectivity index (χ3v) is 4.71. The molecule has 0 spiro atoms. The van der Waals surface area contributed by atoms with E-state index >= 15 is 0 Å². The van der Waals surface area contributed by atoms with Crippen molar-refractivity contribution >= 4 is 28.8 Å². The summed E-state index contributed by atoms with van der Waals surface area (Å²) >= 11 is 7.41. The van der Waals surface area contributed by atoms with Crippen LogP contribution in [0.3, 0.4) is 0 Å². The van der Waals surface area contributed by atoms with Crippen LogP contribution in [0.2, 0.25) is 4.34 Å². The van der Waals surface area contributed by atoms with Crippen LogP contribution in [0.25, 0.3) is 0 Å². The highest BCUT2D eigenvalue weighted by Gasteiger charge is 2.12. The first kappa shape index (κ1) is 18.6. The number of nitrogens with one attached hydrogen (secondary N) is 2. The van der Waals surface area contributed by atoms with Gasteiger partial charge in [0.05, 0.1) is 17.5 Å². The Labute approximate surface area is 150 Å². The van der Waals surface area contributed by atoms with Gasteiger partial charge in [0.25, 0.3) is 0 Å². The summed E-state index contributed by atoms with van der Waals surface area (Å²) in [6.45, 7) is 2.80. The summed E-state index contributed by atoms with van der Waals surface area (Å²) in [4.78, 5) is 12.6. The van der Waals surface area contributed by atoms with Crippen LogP contribution in [0.1, 0.15) is 17.4 Å². The highest BCUT2D eigenvalue weighted by molar-refractivity contribution is 7.16. The van der Waals surface area contributed by atoms with Gasteiger partial charge in [-0.15, -0.1) is 11.3 Å². The Morgan fingerprint density at radius 3 is 2.75 bits per heavy atom. The van der Waals surface area contributed by atoms with Crippen molar-refractivity contribution in [1.82, 2.24) is 10.6 Å². The van der Waals surface area contributed by atoms with E-state index in [1.165, 1.54) is 11.3 Å². The van der Waals surface area contributed by atoms with Crippen LogP contribution in [0, 0.1) is 0 Å². The van der Waals surface area contributed by atoms with Gasteiger partial charge < -0.3 is 20.1 Å². The molecule has 1 atom stereocenters. The monoisotopic (exact) mass is 368 g/mol. The van der Waals surface area contributed by atoms with Crippen LogP contribution < -0.4 is 20.1 Å². The molecule has 0 aliphatic carbocycles. The van der Waals surface area contributed by atoms with E-state index in [0.29, 0.717) is 18.9 Å². The van der Waals surface area contributed by atoms with Gasteiger partial charge in [-0.1, -0.05) is 17.7 Å². The van der Waals surface area contributed by atoms with E-state index in [0.717, 1.165) is 20.5 Å². The molecule has 1 aromatic carbocycles. The second kappa shape index (κ2) is 8.92. The molecular weight excluding hydrogens is 348 g/mol. The molecule has 1 amide bonds. The highest BCUT2D eigenvalue weighted by Crippen LogP contribution is 2.27. The maximum atomic E-state index is 11.5. The first-order chi connectivity index (χ1) is 11.5. The van der Waals surface area contributed by atoms with E-state index in [1.807, 2.05) is 37.3 Å². The molecule has 2 rings (SSSR count). The minimum absolute atomic E-state index is 0.0523. The van der Waals surface area contributed by atoms with Gasteiger partial charge in [-0.3, -0.25) is 4.79 Å². The molecule has 2 N–H and O–H groups in total. The number of carbonyl (C=O) groups is 1. The van der Waals surface area contributed by atoms with Crippen LogP contribution in [0.15, 0.2) is 30.3 Å². The molecule has 24 heavy (non-hydrogen) atoms. The zero-order valence-electron chi connectivity index (χ0n) is 13.9. The predicted octanol–water partition coefficient (Wildman–Crippen LogP) is 3.21. The zero-order chi connectivity index (χ0) is 17.5. The lowest BCUT2D eigenvalue weighted by atomic mass is 10.1. The highest BCUT2D eigenvalue weighted by atomic mass is 35.5. The third-order valence-electron chi connectivity index (χ3n) is 3.51. The van der Waals surface area contributed by atoms with Gasteiger partial charge in [-0.25, -0.2) is 0 Å². The lowest BCUT2D eigenvalue weighted by Crippen LogP contribution is -2.40. The second-order valence-corrected chi connectivity index (χ2v) is 6.98. The van der Waals surface area contributed by atoms with E-state index in [1.54, 1.807) is 14.2 Å². The van der Waals surface area contributed by atoms with E-state index in [-0.39, 0.29) is 11.9 Å². The third kappa shape index (κ3) is 5.12. The Hall–Kier alpha value is -1.76. The number of benzene rings is 1. The van der Waals surface area contributed by atoms with Gasteiger partial charge in [-0.2, -0.15) is 0 Å². The quantitative estimate of drug-likeness (QED) is 0.751. The number of ether oxygens (including phenoxy) is 2. The zero-order valence-corrected chi connectivity index (χ0v) is 15.5. The van der Waals surface area contributed by atoms with Crippen LogP contribution in [-0.2, 0) is 17.9 Å². The molecular formula is C17H21ClN2O3S. The largest absolute Gasteiger partial charge is 0.496 e. The molecule has 0 bridgehead atoms. The molecule has 2 aromatic rings. The van der Waals surface area contributed by atoms with E-state index in [9.17, 15) is 4.79 Å². The maximum Gasteiger partial charge on any atom is 0.236 e. The summed E-state index contributed by atoms with van der Waals surface area (Å²) in [5, 5.41) is 5.77. The first-order valence-corrected chi connectivity index (χ1v) is 8.72. The van der Waals surface area contributed by atoms with Gasteiger partial charge in [0.15, 0.2) is 0 Å². The molecule has 0 aliphatic rings. The lowest BCUT2D eigenvalue weighted by Gasteiger charge is -2.15. The summed E-state index contributed by atoms with van der Waals surface area (Å²) in [5.41, 5.74) is 0.958. The number of thiophene rings is 1. The lowest BCUT2D eigenvalue weighted by molar-refractivity contribution is -0.122. The van der Waals surface area contributed by atoms with Gasteiger partial charge in [0.2, 0.25) is 5.91 Å². The van der Waals surface area contributed by atoms with Crippen LogP contribution in [0.5, 0.6) is 11.5 Å². The normalized spacial score (nSPS) is 11.8. The average molecular weight is 369 g/mol. The first-order valence-electron chi connectivity index (χ1n) is 7.52. The average Bonchev–Trinajstić information content (AvgIpc) is 3.02. The maximum absolute atomic E-state index is 11.5. The molecule has 0 aliphatic heterocycles. The van der Waals surface area contributed by atoms with Crippen molar-refractivity contribution < 1.29 is 14.3 Å². The van der Waals surface area contributed by atoms with E-state index in [2.05, 4.69) is 10.6 Å². The van der Waals surface area contributed by atoms with Crippen molar-refractivity contribution in [3.8, 4) is 11.5 Å². The second-order valence-electron chi connectivity index (χ2n) is 5.18. The Morgan fingerprint density at radius 2 is 2.12 bits per heavy atom. The standard InChI is InChI=1S/C17H21ClN2O3S/c1-11(17(21)19-2)20-9-12-4-5-13(8-15(12)22-3)23-10-14-6-7-16(18)24-14/h4-8,11,20H,9-10H2,1-3H3,(H,19,21).